The van der Waals surface area contributed by atoms with Crippen LogP contribution in [0.2, 0.25) is 0 Å². The van der Waals surface area contributed by atoms with Crippen molar-refractivity contribution >= 4 is 11.9 Å². The first kappa shape index (κ1) is 38.1. The molecule has 3 aliphatic heterocycles. The van der Waals surface area contributed by atoms with E-state index in [2.05, 4.69) is 0 Å². The quantitative estimate of drug-likeness (QED) is 0.222. The molecule has 0 radical (unpaired) electrons. The number of esters is 2. The number of methoxy groups -OCH3 is 1. The third kappa shape index (κ3) is 8.56. The number of piperidine rings is 3. The monoisotopic (exact) mass is 643 g/mol. The highest BCUT2D eigenvalue weighted by atomic mass is 16.7. The van der Waals surface area contributed by atoms with Gasteiger partial charge in [0.2, 0.25) is 0 Å². The van der Waals surface area contributed by atoms with E-state index in [0.29, 0.717) is 38.5 Å². The predicted octanol–water partition coefficient (Wildman–Crippen LogP) is 5.30. The average Bonchev–Trinajstić information content (AvgIpc) is 2.85. The third-order valence-electron chi connectivity index (χ3n) is 9.96. The average molecular weight is 644 g/mol. The minimum absolute atomic E-state index is 0.325. The van der Waals surface area contributed by atoms with Crippen LogP contribution < -0.4 is 0 Å². The fraction of sp³-hybridized carbons (Fsp3) is 0.939. The molecule has 12 nitrogen and oxygen atoms in total. The van der Waals surface area contributed by atoms with Crippen LogP contribution >= 0.6 is 0 Å². The Kier molecular flexibility index (Phi) is 10.9. The van der Waals surface area contributed by atoms with Gasteiger partial charge in [0.1, 0.15) is 18.1 Å². The smallest absolute Gasteiger partial charge is 0.314 e. The predicted molar refractivity (Wildman–Crippen MR) is 167 cm³/mol. The molecule has 3 rings (SSSR count). The number of ether oxygens (including phenoxy) is 4. The van der Waals surface area contributed by atoms with Crippen LogP contribution in [-0.4, -0.2) is 108 Å². The van der Waals surface area contributed by atoms with E-state index in [4.69, 9.17) is 18.9 Å². The van der Waals surface area contributed by atoms with E-state index in [1.54, 1.807) is 0 Å². The molecule has 3 aliphatic rings. The van der Waals surface area contributed by atoms with Gasteiger partial charge >= 0.3 is 11.9 Å². The zero-order valence-electron chi connectivity index (χ0n) is 30.0. The van der Waals surface area contributed by atoms with Gasteiger partial charge < -0.3 is 34.6 Å². The first-order valence-electron chi connectivity index (χ1n) is 16.3. The molecule has 2 unspecified atom stereocenters. The maximum absolute atomic E-state index is 14.0. The first-order chi connectivity index (χ1) is 20.2. The fourth-order valence-electron chi connectivity index (χ4n) is 8.26. The van der Waals surface area contributed by atoms with E-state index in [9.17, 15) is 25.2 Å². The van der Waals surface area contributed by atoms with E-state index in [1.807, 2.05) is 83.1 Å². The van der Waals surface area contributed by atoms with Crippen molar-refractivity contribution in [1.82, 2.24) is 15.2 Å². The van der Waals surface area contributed by atoms with E-state index in [-0.39, 0.29) is 12.5 Å². The summed E-state index contributed by atoms with van der Waals surface area (Å²) in [4.78, 5) is 27.5. The van der Waals surface area contributed by atoms with Gasteiger partial charge in [0.05, 0.1) is 12.5 Å². The Morgan fingerprint density at radius 1 is 0.600 bits per heavy atom. The van der Waals surface area contributed by atoms with Crippen molar-refractivity contribution in [3.05, 3.63) is 0 Å². The molecule has 3 heterocycles. The highest BCUT2D eigenvalue weighted by Gasteiger charge is 2.50. The SMILES string of the molecule is COC(OC1CC(C)(C)N(O)C(C)(C)C1)C(CC(=O)OC1CC(C)(C)N(O)C(C)(C)C1)C(=O)OC1CC(C)(C)N(O)C(C)(C)C1. The van der Waals surface area contributed by atoms with Crippen molar-refractivity contribution in [2.24, 2.45) is 5.92 Å². The molecule has 0 aliphatic carbocycles. The van der Waals surface area contributed by atoms with Gasteiger partial charge in [-0.2, -0.15) is 15.2 Å². The molecule has 45 heavy (non-hydrogen) atoms. The Hall–Kier alpha value is -1.38. The Morgan fingerprint density at radius 2 is 0.911 bits per heavy atom. The summed E-state index contributed by atoms with van der Waals surface area (Å²) in [5.41, 5.74) is -3.73. The van der Waals surface area contributed by atoms with E-state index in [0.717, 1.165) is 0 Å². The Labute approximate surface area is 270 Å². The van der Waals surface area contributed by atoms with Crippen molar-refractivity contribution < 1.29 is 44.2 Å². The van der Waals surface area contributed by atoms with Crippen molar-refractivity contribution in [2.45, 2.75) is 186 Å². The highest BCUT2D eigenvalue weighted by molar-refractivity contribution is 5.80. The molecule has 12 heteroatoms. The van der Waals surface area contributed by atoms with E-state index in [1.165, 1.54) is 22.3 Å². The van der Waals surface area contributed by atoms with E-state index >= 15 is 0 Å². The summed E-state index contributed by atoms with van der Waals surface area (Å²) < 4.78 is 24.2. The maximum atomic E-state index is 14.0. The molecule has 3 saturated heterocycles. The summed E-state index contributed by atoms with van der Waals surface area (Å²) >= 11 is 0. The minimum Gasteiger partial charge on any atom is -0.462 e. The van der Waals surface area contributed by atoms with Crippen molar-refractivity contribution in [2.75, 3.05) is 7.11 Å². The standard InChI is InChI=1S/C33H61N3O9/c1-28(2)15-21(16-29(3,4)34(28)39)43-25(37)14-24(26(38)44-22-17-30(5,6)35(40)31(7,8)18-22)27(42-13)45-23-19-32(9,10)36(41)33(11,12)20-23/h21-24,27,39-41H,14-20H2,1-13H3. The third-order valence-corrected chi connectivity index (χ3v) is 9.96. The van der Waals surface area contributed by atoms with Crippen LogP contribution in [0.3, 0.4) is 0 Å². The number of hydrogen-bond donors (Lipinski definition) is 3. The Balaban J connectivity index is 1.85. The van der Waals surface area contributed by atoms with Crippen molar-refractivity contribution in [3.63, 3.8) is 0 Å². The summed E-state index contributed by atoms with van der Waals surface area (Å²) in [6.45, 7) is 22.8. The molecule has 262 valence electrons. The van der Waals surface area contributed by atoms with Gasteiger partial charge in [-0.15, -0.1) is 0 Å². The van der Waals surface area contributed by atoms with Crippen molar-refractivity contribution in [3.8, 4) is 0 Å². The molecule has 0 bridgehead atoms. The number of hydrogen-bond acceptors (Lipinski definition) is 12. The topological polar surface area (TPSA) is 141 Å². The van der Waals surface area contributed by atoms with Crippen LogP contribution in [0.15, 0.2) is 0 Å². The number of carbonyl (C=O) groups is 2. The second kappa shape index (κ2) is 12.9. The summed E-state index contributed by atoms with van der Waals surface area (Å²) in [6.07, 6.45) is -0.195. The van der Waals surface area contributed by atoms with Gasteiger partial charge in [-0.3, -0.25) is 9.59 Å². The van der Waals surface area contributed by atoms with Crippen LogP contribution in [0.5, 0.6) is 0 Å². The van der Waals surface area contributed by atoms with Crippen LogP contribution in [0.4, 0.5) is 0 Å². The fourth-order valence-corrected chi connectivity index (χ4v) is 8.26. The summed E-state index contributed by atoms with van der Waals surface area (Å²) in [6, 6.07) is 0. The number of nitrogens with zero attached hydrogens (tertiary/aromatic N) is 3. The zero-order valence-corrected chi connectivity index (χ0v) is 30.0. The summed E-state index contributed by atoms with van der Waals surface area (Å²) in [5, 5.41) is 36.2. The lowest BCUT2D eigenvalue weighted by molar-refractivity contribution is -0.282. The lowest BCUT2D eigenvalue weighted by Crippen LogP contribution is -2.61. The molecule has 0 spiro atoms. The number of hydroxylamine groups is 6. The molecule has 0 aromatic heterocycles. The molecule has 0 amide bonds. The maximum Gasteiger partial charge on any atom is 0.314 e. The van der Waals surface area contributed by atoms with Gasteiger partial charge in [0.15, 0.2) is 6.29 Å². The first-order valence-corrected chi connectivity index (χ1v) is 16.3. The molecular weight excluding hydrogens is 582 g/mol. The lowest BCUT2D eigenvalue weighted by atomic mass is 9.80. The van der Waals surface area contributed by atoms with Crippen LogP contribution in [0.25, 0.3) is 0 Å². The largest absolute Gasteiger partial charge is 0.462 e. The molecule has 0 aromatic carbocycles. The second-order valence-electron chi connectivity index (χ2n) is 17.4. The number of rotatable bonds is 9. The second-order valence-corrected chi connectivity index (χ2v) is 17.4. The number of carbonyl (C=O) groups excluding carboxylic acids is 2. The summed E-state index contributed by atoms with van der Waals surface area (Å²) in [5.74, 6) is -2.34. The molecule has 3 N–H and O–H groups in total. The van der Waals surface area contributed by atoms with Crippen molar-refractivity contribution in [1.29, 1.82) is 0 Å². The highest BCUT2D eigenvalue weighted by Crippen LogP contribution is 2.41. The van der Waals surface area contributed by atoms with Crippen LogP contribution in [0, 0.1) is 5.92 Å². The molecule has 3 fully saturated rings. The van der Waals surface area contributed by atoms with Gasteiger partial charge in [-0.05, 0) is 95.9 Å². The van der Waals surface area contributed by atoms with Gasteiger partial charge in [-0.25, -0.2) is 0 Å². The van der Waals surface area contributed by atoms with Gasteiger partial charge in [0, 0.05) is 66.0 Å². The van der Waals surface area contributed by atoms with Gasteiger partial charge in [0.25, 0.3) is 0 Å². The van der Waals surface area contributed by atoms with Gasteiger partial charge in [-0.1, -0.05) is 0 Å². The molecule has 0 aromatic rings. The molecular formula is C33H61N3O9. The summed E-state index contributed by atoms with van der Waals surface area (Å²) in [7, 11) is 1.44. The molecule has 2 atom stereocenters. The molecule has 0 saturated carbocycles. The van der Waals surface area contributed by atoms with E-state index < -0.39 is 69.6 Å². The Morgan fingerprint density at radius 3 is 1.24 bits per heavy atom. The normalized spacial score (nSPS) is 28.7. The Bertz CT molecular complexity index is 1020. The van der Waals surface area contributed by atoms with Crippen LogP contribution in [0.1, 0.15) is 128 Å². The van der Waals surface area contributed by atoms with Crippen LogP contribution in [-0.2, 0) is 28.5 Å². The minimum atomic E-state index is -1.13. The zero-order chi connectivity index (χ0) is 34.6. The lowest BCUT2D eigenvalue weighted by Gasteiger charge is -2.52.